The predicted octanol–water partition coefficient (Wildman–Crippen LogP) is 1.98. The van der Waals surface area contributed by atoms with E-state index in [1.807, 2.05) is 13.8 Å². The fraction of sp³-hybridized carbons (Fsp3) is 0.429. The second kappa shape index (κ2) is 5.77. The second-order valence-electron chi connectivity index (χ2n) is 1.58. The molecule has 0 aliphatic heterocycles. The molecule has 0 saturated carbocycles. The highest BCUT2D eigenvalue weighted by atomic mass is 79.9. The molecule has 0 radical (unpaired) electrons. The lowest BCUT2D eigenvalue weighted by molar-refractivity contribution is 0.0593. The maximum atomic E-state index is 10.8. The molecule has 0 atom stereocenters. The van der Waals surface area contributed by atoms with Crippen LogP contribution in [0.4, 0.5) is 0 Å². The lowest BCUT2D eigenvalue weighted by Gasteiger charge is -1.92. The molecule has 0 bridgehead atoms. The fourth-order valence-electron chi connectivity index (χ4n) is 0.517. The zero-order valence-electron chi connectivity index (χ0n) is 7.22. The standard InChI is InChI=1S/C5H5BrN2O2.C2H6/c1-10-5(9)4-3(6)2-7-8-4;1-2/h2H,1H3,(H,7,8);1-2H3. The summed E-state index contributed by atoms with van der Waals surface area (Å²) in [5.41, 5.74) is 0.336. The largest absolute Gasteiger partial charge is 0.464 e. The van der Waals surface area contributed by atoms with Gasteiger partial charge in [-0.1, -0.05) is 13.8 Å². The van der Waals surface area contributed by atoms with E-state index >= 15 is 0 Å². The molecule has 0 aliphatic rings. The Bertz CT molecular complexity index is 247. The summed E-state index contributed by atoms with van der Waals surface area (Å²) in [7, 11) is 1.32. The number of esters is 1. The second-order valence-corrected chi connectivity index (χ2v) is 2.44. The average Bonchev–Trinajstić information content (AvgIpc) is 2.54. The van der Waals surface area contributed by atoms with E-state index in [4.69, 9.17) is 0 Å². The van der Waals surface area contributed by atoms with Crippen molar-refractivity contribution in [3.63, 3.8) is 0 Å². The van der Waals surface area contributed by atoms with Crippen LogP contribution in [-0.4, -0.2) is 23.3 Å². The fourth-order valence-corrected chi connectivity index (χ4v) is 0.870. The molecule has 0 aromatic carbocycles. The van der Waals surface area contributed by atoms with Crippen LogP contribution in [0.1, 0.15) is 24.3 Å². The Morgan fingerprint density at radius 1 is 1.67 bits per heavy atom. The van der Waals surface area contributed by atoms with Gasteiger partial charge in [0, 0.05) is 0 Å². The molecule has 0 amide bonds. The van der Waals surface area contributed by atoms with Gasteiger partial charge in [-0.2, -0.15) is 5.10 Å². The molecule has 12 heavy (non-hydrogen) atoms. The van der Waals surface area contributed by atoms with Crippen molar-refractivity contribution in [3.8, 4) is 0 Å². The zero-order valence-corrected chi connectivity index (χ0v) is 8.81. The summed E-state index contributed by atoms with van der Waals surface area (Å²) in [6.07, 6.45) is 1.49. The first-order valence-corrected chi connectivity index (χ1v) is 4.32. The van der Waals surface area contributed by atoms with E-state index in [0.29, 0.717) is 10.2 Å². The minimum Gasteiger partial charge on any atom is -0.464 e. The Morgan fingerprint density at radius 2 is 2.25 bits per heavy atom. The molecule has 1 aromatic heterocycles. The highest BCUT2D eigenvalue weighted by Crippen LogP contribution is 2.12. The van der Waals surface area contributed by atoms with Crippen LogP contribution >= 0.6 is 15.9 Å². The number of aromatic amines is 1. The summed E-state index contributed by atoms with van der Waals surface area (Å²) >= 11 is 3.11. The minimum atomic E-state index is -0.427. The van der Waals surface area contributed by atoms with Gasteiger partial charge >= 0.3 is 5.97 Å². The number of halogens is 1. The van der Waals surface area contributed by atoms with Crippen molar-refractivity contribution in [1.82, 2.24) is 10.2 Å². The summed E-state index contributed by atoms with van der Waals surface area (Å²) in [5, 5.41) is 6.10. The molecule has 68 valence electrons. The molecular formula is C7H11BrN2O2. The van der Waals surface area contributed by atoms with Gasteiger partial charge < -0.3 is 4.74 Å². The van der Waals surface area contributed by atoms with Gasteiger partial charge in [0.15, 0.2) is 5.69 Å². The molecule has 0 saturated heterocycles. The predicted molar refractivity (Wildman–Crippen MR) is 49.0 cm³/mol. The van der Waals surface area contributed by atoms with Crippen LogP contribution in [0.5, 0.6) is 0 Å². The highest BCUT2D eigenvalue weighted by Gasteiger charge is 2.10. The third-order valence-corrected chi connectivity index (χ3v) is 1.58. The third kappa shape index (κ3) is 2.65. The van der Waals surface area contributed by atoms with Crippen LogP contribution in [0, 0.1) is 0 Å². The Morgan fingerprint density at radius 3 is 2.58 bits per heavy atom. The number of nitrogens with zero attached hydrogens (tertiary/aromatic N) is 1. The average molecular weight is 235 g/mol. The van der Waals surface area contributed by atoms with E-state index in [1.165, 1.54) is 13.3 Å². The normalized spacial score (nSPS) is 8.33. The van der Waals surface area contributed by atoms with E-state index in [2.05, 4.69) is 30.9 Å². The quantitative estimate of drug-likeness (QED) is 0.757. The van der Waals surface area contributed by atoms with Gasteiger partial charge in [-0.25, -0.2) is 4.79 Å². The van der Waals surface area contributed by atoms with Gasteiger partial charge in [0.05, 0.1) is 17.8 Å². The molecule has 5 heteroatoms. The number of ether oxygens (including phenoxy) is 1. The Hall–Kier alpha value is -0.840. The first-order valence-electron chi connectivity index (χ1n) is 3.53. The summed E-state index contributed by atoms with van der Waals surface area (Å²) in [5.74, 6) is -0.427. The van der Waals surface area contributed by atoms with Gasteiger partial charge in [0.2, 0.25) is 0 Å². The lowest BCUT2D eigenvalue weighted by atomic mass is 10.4. The topological polar surface area (TPSA) is 55.0 Å². The van der Waals surface area contributed by atoms with Gasteiger partial charge in [0.1, 0.15) is 0 Å². The van der Waals surface area contributed by atoms with Gasteiger partial charge in [-0.3, -0.25) is 5.10 Å². The van der Waals surface area contributed by atoms with Crippen molar-refractivity contribution in [2.24, 2.45) is 0 Å². The van der Waals surface area contributed by atoms with Crippen LogP contribution < -0.4 is 0 Å². The molecule has 0 unspecified atom stereocenters. The molecule has 1 heterocycles. The molecule has 4 nitrogen and oxygen atoms in total. The SMILES string of the molecule is CC.COC(=O)c1[nH]ncc1Br. The molecule has 0 aliphatic carbocycles. The van der Waals surface area contributed by atoms with Crippen molar-refractivity contribution in [3.05, 3.63) is 16.4 Å². The maximum Gasteiger partial charge on any atom is 0.357 e. The summed E-state index contributed by atoms with van der Waals surface area (Å²) in [6.45, 7) is 4.00. The zero-order chi connectivity index (χ0) is 9.56. The van der Waals surface area contributed by atoms with Crippen LogP contribution in [0.15, 0.2) is 10.7 Å². The molecule has 0 fully saturated rings. The van der Waals surface area contributed by atoms with Crippen LogP contribution in [-0.2, 0) is 4.74 Å². The number of methoxy groups -OCH3 is 1. The number of hydrogen-bond acceptors (Lipinski definition) is 3. The summed E-state index contributed by atoms with van der Waals surface area (Å²) in [4.78, 5) is 10.8. The van der Waals surface area contributed by atoms with E-state index in [9.17, 15) is 4.79 Å². The third-order valence-electron chi connectivity index (χ3n) is 0.983. The first-order chi connectivity index (χ1) is 5.75. The molecular weight excluding hydrogens is 224 g/mol. The Kier molecular flexibility index (Phi) is 5.36. The number of nitrogens with one attached hydrogen (secondary N) is 1. The molecule has 1 aromatic rings. The van der Waals surface area contributed by atoms with Crippen molar-refractivity contribution in [2.45, 2.75) is 13.8 Å². The van der Waals surface area contributed by atoms with Crippen LogP contribution in [0.2, 0.25) is 0 Å². The molecule has 0 spiro atoms. The minimum absolute atomic E-state index is 0.336. The highest BCUT2D eigenvalue weighted by molar-refractivity contribution is 9.10. The van der Waals surface area contributed by atoms with E-state index in [-0.39, 0.29) is 0 Å². The van der Waals surface area contributed by atoms with Crippen molar-refractivity contribution < 1.29 is 9.53 Å². The number of H-pyrrole nitrogens is 1. The summed E-state index contributed by atoms with van der Waals surface area (Å²) < 4.78 is 5.05. The van der Waals surface area contributed by atoms with E-state index in [1.54, 1.807) is 0 Å². The molecule has 1 rings (SSSR count). The number of carbonyl (C=O) groups is 1. The number of aromatic nitrogens is 2. The Balaban J connectivity index is 0.000000561. The first kappa shape index (κ1) is 11.2. The number of rotatable bonds is 1. The maximum absolute atomic E-state index is 10.8. The van der Waals surface area contributed by atoms with E-state index < -0.39 is 5.97 Å². The molecule has 1 N–H and O–H groups in total. The van der Waals surface area contributed by atoms with Crippen LogP contribution in [0.3, 0.4) is 0 Å². The van der Waals surface area contributed by atoms with E-state index in [0.717, 1.165) is 0 Å². The van der Waals surface area contributed by atoms with Gasteiger partial charge in [-0.05, 0) is 15.9 Å². The Labute approximate surface area is 79.4 Å². The number of hydrogen-bond donors (Lipinski definition) is 1. The summed E-state index contributed by atoms with van der Waals surface area (Å²) in [6, 6.07) is 0. The van der Waals surface area contributed by atoms with Crippen LogP contribution in [0.25, 0.3) is 0 Å². The smallest absolute Gasteiger partial charge is 0.357 e. The van der Waals surface area contributed by atoms with Crippen molar-refractivity contribution >= 4 is 21.9 Å². The monoisotopic (exact) mass is 234 g/mol. The lowest BCUT2D eigenvalue weighted by Crippen LogP contribution is -2.01. The van der Waals surface area contributed by atoms with Gasteiger partial charge in [0.25, 0.3) is 0 Å². The van der Waals surface area contributed by atoms with Gasteiger partial charge in [-0.15, -0.1) is 0 Å². The number of carbonyl (C=O) groups excluding carboxylic acids is 1. The van der Waals surface area contributed by atoms with Crippen molar-refractivity contribution in [1.29, 1.82) is 0 Å². The van der Waals surface area contributed by atoms with Crippen molar-refractivity contribution in [2.75, 3.05) is 7.11 Å².